The molecule has 0 unspecified atom stereocenters. The van der Waals surface area contributed by atoms with Crippen LogP contribution < -0.4 is 0 Å². The molecular formula is C16H8BrClN2OS. The van der Waals surface area contributed by atoms with Crippen LogP contribution in [0.2, 0.25) is 5.02 Å². The summed E-state index contributed by atoms with van der Waals surface area (Å²) in [6.07, 6.45) is 3.16. The highest BCUT2D eigenvalue weighted by Crippen LogP contribution is 2.37. The molecule has 0 fully saturated rings. The molecule has 0 N–H and O–H groups in total. The predicted molar refractivity (Wildman–Crippen MR) is 93.3 cm³/mol. The number of benzene rings is 2. The van der Waals surface area contributed by atoms with Gasteiger partial charge in [-0.05, 0) is 29.8 Å². The van der Waals surface area contributed by atoms with Crippen LogP contribution in [0.5, 0.6) is 0 Å². The second kappa shape index (κ2) is 5.50. The van der Waals surface area contributed by atoms with Crippen LogP contribution in [0.4, 0.5) is 0 Å². The van der Waals surface area contributed by atoms with Gasteiger partial charge in [0, 0.05) is 10.0 Å². The number of nitrogens with zero attached hydrogens (tertiary/aromatic N) is 2. The van der Waals surface area contributed by atoms with Gasteiger partial charge in [0.1, 0.15) is 6.26 Å². The van der Waals surface area contributed by atoms with Crippen LogP contribution in [-0.4, -0.2) is 9.97 Å². The van der Waals surface area contributed by atoms with Crippen molar-refractivity contribution in [3.63, 3.8) is 0 Å². The third-order valence-electron chi connectivity index (χ3n) is 3.23. The Morgan fingerprint density at radius 1 is 1.18 bits per heavy atom. The van der Waals surface area contributed by atoms with Crippen molar-refractivity contribution in [2.45, 2.75) is 0 Å². The number of hydrogen-bond acceptors (Lipinski definition) is 4. The van der Waals surface area contributed by atoms with Gasteiger partial charge in [-0.15, -0.1) is 11.3 Å². The fourth-order valence-corrected chi connectivity index (χ4v) is 3.84. The Morgan fingerprint density at radius 2 is 2.09 bits per heavy atom. The topological polar surface area (TPSA) is 38.9 Å². The Hall–Kier alpha value is -1.69. The smallest absolute Gasteiger partial charge is 0.255 e. The third kappa shape index (κ3) is 2.45. The predicted octanol–water partition coefficient (Wildman–Crippen LogP) is 6.03. The molecule has 0 amide bonds. The Balaban J connectivity index is 1.89. The number of hydrogen-bond donors (Lipinski definition) is 0. The number of halogens is 2. The summed E-state index contributed by atoms with van der Waals surface area (Å²) in [4.78, 5) is 8.68. The number of fused-ring (bicyclic) bond motifs is 1. The average molecular weight is 392 g/mol. The van der Waals surface area contributed by atoms with Gasteiger partial charge < -0.3 is 4.42 Å². The van der Waals surface area contributed by atoms with E-state index in [1.54, 1.807) is 12.5 Å². The number of oxazole rings is 1. The van der Waals surface area contributed by atoms with E-state index < -0.39 is 0 Å². The van der Waals surface area contributed by atoms with Crippen molar-refractivity contribution in [1.82, 2.24) is 9.97 Å². The standard InChI is InChI=1S/C16H8BrClN2OS/c17-10-3-1-2-9(6-10)11-7-14-13(8-12(11)18)20-16(22-14)15-19-4-5-21-15/h1-8H. The maximum Gasteiger partial charge on any atom is 0.255 e. The van der Waals surface area contributed by atoms with Gasteiger partial charge in [0.25, 0.3) is 5.89 Å². The zero-order valence-electron chi connectivity index (χ0n) is 11.1. The number of rotatable bonds is 2. The summed E-state index contributed by atoms with van der Waals surface area (Å²) in [5, 5.41) is 1.43. The molecule has 0 saturated carbocycles. The van der Waals surface area contributed by atoms with E-state index in [0.717, 1.165) is 30.8 Å². The van der Waals surface area contributed by atoms with Gasteiger partial charge in [0.05, 0.1) is 21.4 Å². The highest BCUT2D eigenvalue weighted by atomic mass is 79.9. The Labute approximate surface area is 143 Å². The van der Waals surface area contributed by atoms with Gasteiger partial charge in [-0.2, -0.15) is 0 Å². The van der Waals surface area contributed by atoms with E-state index in [1.165, 1.54) is 11.3 Å². The lowest BCUT2D eigenvalue weighted by molar-refractivity contribution is 0.574. The van der Waals surface area contributed by atoms with Crippen molar-refractivity contribution in [2.75, 3.05) is 0 Å². The zero-order chi connectivity index (χ0) is 15.1. The quantitative estimate of drug-likeness (QED) is 0.418. The summed E-state index contributed by atoms with van der Waals surface area (Å²) in [5.41, 5.74) is 2.90. The van der Waals surface area contributed by atoms with Crippen LogP contribution in [0, 0.1) is 0 Å². The van der Waals surface area contributed by atoms with E-state index in [2.05, 4.69) is 32.0 Å². The minimum absolute atomic E-state index is 0.529. The molecule has 4 aromatic rings. The molecule has 0 aliphatic rings. The average Bonchev–Trinajstić information content (AvgIpc) is 3.15. The zero-order valence-corrected chi connectivity index (χ0v) is 14.2. The Morgan fingerprint density at radius 3 is 2.86 bits per heavy atom. The largest absolute Gasteiger partial charge is 0.443 e. The van der Waals surface area contributed by atoms with E-state index >= 15 is 0 Å². The Bertz CT molecular complexity index is 966. The first kappa shape index (κ1) is 13.9. The number of thiazole rings is 1. The minimum Gasteiger partial charge on any atom is -0.443 e. The van der Waals surface area contributed by atoms with E-state index in [1.807, 2.05) is 30.3 Å². The van der Waals surface area contributed by atoms with Crippen molar-refractivity contribution < 1.29 is 4.42 Å². The van der Waals surface area contributed by atoms with Gasteiger partial charge in [-0.1, -0.05) is 39.7 Å². The van der Waals surface area contributed by atoms with E-state index in [9.17, 15) is 0 Å². The first-order valence-corrected chi connectivity index (χ1v) is 8.45. The fourth-order valence-electron chi connectivity index (χ4n) is 2.25. The Kier molecular flexibility index (Phi) is 3.48. The van der Waals surface area contributed by atoms with Gasteiger partial charge in [0.2, 0.25) is 0 Å². The van der Waals surface area contributed by atoms with Crippen molar-refractivity contribution >= 4 is 49.1 Å². The molecule has 0 aliphatic carbocycles. The lowest BCUT2D eigenvalue weighted by Crippen LogP contribution is -1.80. The van der Waals surface area contributed by atoms with Crippen LogP contribution in [0.15, 0.2) is 57.7 Å². The monoisotopic (exact) mass is 390 g/mol. The number of aromatic nitrogens is 2. The molecule has 0 radical (unpaired) electrons. The molecule has 108 valence electrons. The van der Waals surface area contributed by atoms with Crippen molar-refractivity contribution in [3.05, 3.63) is 58.4 Å². The van der Waals surface area contributed by atoms with Gasteiger partial charge in [0.15, 0.2) is 5.01 Å². The molecule has 0 spiro atoms. The second-order valence-electron chi connectivity index (χ2n) is 4.67. The van der Waals surface area contributed by atoms with Gasteiger partial charge in [-0.25, -0.2) is 9.97 Å². The molecule has 22 heavy (non-hydrogen) atoms. The van der Waals surface area contributed by atoms with Crippen LogP contribution in [0.1, 0.15) is 0 Å². The summed E-state index contributed by atoms with van der Waals surface area (Å²) < 4.78 is 7.38. The van der Waals surface area contributed by atoms with Crippen LogP contribution in [0.25, 0.3) is 32.2 Å². The fraction of sp³-hybridized carbons (Fsp3) is 0. The molecule has 6 heteroatoms. The molecule has 0 bridgehead atoms. The molecule has 0 saturated heterocycles. The second-order valence-corrected chi connectivity index (χ2v) is 7.02. The van der Waals surface area contributed by atoms with Crippen molar-refractivity contribution in [1.29, 1.82) is 0 Å². The first-order valence-electron chi connectivity index (χ1n) is 6.46. The van der Waals surface area contributed by atoms with Gasteiger partial charge >= 0.3 is 0 Å². The summed E-state index contributed by atoms with van der Waals surface area (Å²) in [7, 11) is 0. The minimum atomic E-state index is 0.529. The van der Waals surface area contributed by atoms with Crippen LogP contribution in [-0.2, 0) is 0 Å². The maximum absolute atomic E-state index is 6.43. The summed E-state index contributed by atoms with van der Waals surface area (Å²) in [5.74, 6) is 0.529. The lowest BCUT2D eigenvalue weighted by atomic mass is 10.1. The van der Waals surface area contributed by atoms with Crippen molar-refractivity contribution in [3.8, 4) is 22.0 Å². The van der Waals surface area contributed by atoms with Crippen molar-refractivity contribution in [2.24, 2.45) is 0 Å². The summed E-state index contributed by atoms with van der Waals surface area (Å²) >= 11 is 11.5. The third-order valence-corrected chi connectivity index (χ3v) is 5.04. The summed E-state index contributed by atoms with van der Waals surface area (Å²) in [6, 6.07) is 12.0. The molecule has 2 aromatic heterocycles. The normalized spacial score (nSPS) is 11.2. The molecule has 3 nitrogen and oxygen atoms in total. The van der Waals surface area contributed by atoms with E-state index in [0.29, 0.717) is 10.9 Å². The molecule has 4 rings (SSSR count). The van der Waals surface area contributed by atoms with E-state index in [-0.39, 0.29) is 0 Å². The van der Waals surface area contributed by atoms with E-state index in [4.69, 9.17) is 16.0 Å². The molecular weight excluding hydrogens is 384 g/mol. The maximum atomic E-state index is 6.43. The van der Waals surface area contributed by atoms with Crippen LogP contribution in [0.3, 0.4) is 0 Å². The molecule has 2 heterocycles. The highest BCUT2D eigenvalue weighted by molar-refractivity contribution is 9.10. The first-order chi connectivity index (χ1) is 10.7. The molecule has 2 aromatic carbocycles. The SMILES string of the molecule is Clc1cc2nc(-c3ncco3)sc2cc1-c1cccc(Br)c1. The van der Waals surface area contributed by atoms with Crippen LogP contribution >= 0.6 is 38.9 Å². The van der Waals surface area contributed by atoms with Gasteiger partial charge in [-0.3, -0.25) is 0 Å². The summed E-state index contributed by atoms with van der Waals surface area (Å²) in [6.45, 7) is 0. The highest BCUT2D eigenvalue weighted by Gasteiger charge is 2.13. The lowest BCUT2D eigenvalue weighted by Gasteiger charge is -2.05. The molecule has 0 atom stereocenters. The molecule has 0 aliphatic heterocycles.